The van der Waals surface area contributed by atoms with Crippen LogP contribution < -0.4 is 10.1 Å². The Bertz CT molecular complexity index is 401. The van der Waals surface area contributed by atoms with E-state index in [-0.39, 0.29) is 6.04 Å². The molecule has 1 heterocycles. The van der Waals surface area contributed by atoms with Gasteiger partial charge in [0.2, 0.25) is 0 Å². The lowest BCUT2D eigenvalue weighted by atomic mass is 9.86. The highest BCUT2D eigenvalue weighted by atomic mass is 16.5. The molecule has 0 bridgehead atoms. The summed E-state index contributed by atoms with van der Waals surface area (Å²) in [5, 5.41) is 13.8. The average Bonchev–Trinajstić information content (AvgIpc) is 2.24. The zero-order chi connectivity index (χ0) is 12.6. The number of rotatable bonds is 2. The minimum atomic E-state index is -0.582. The van der Waals surface area contributed by atoms with E-state index in [1.807, 2.05) is 32.0 Å². The van der Waals surface area contributed by atoms with Crippen LogP contribution in [0.4, 0.5) is 0 Å². The number of aliphatic hydroxyl groups excluding tert-OH is 1. The smallest absolute Gasteiger partial charge is 0.131 e. The topological polar surface area (TPSA) is 41.5 Å². The Kier molecular flexibility index (Phi) is 3.15. The van der Waals surface area contributed by atoms with Crippen molar-refractivity contribution in [3.63, 3.8) is 0 Å². The molecule has 0 amide bonds. The van der Waals surface area contributed by atoms with Crippen molar-refractivity contribution in [2.75, 3.05) is 0 Å². The standard InChI is InChI=1S/C14H20NO2/c1-9(2)15-12-10-7-5-6-8-11(10)17-14(3,4)13(12)16/h6-9,12-13,15-16H,1-4H3. The molecule has 2 N–H and O–H groups in total. The van der Waals surface area contributed by atoms with Gasteiger partial charge >= 0.3 is 0 Å². The molecular formula is C14H20NO2. The Morgan fingerprint density at radius 2 is 2.18 bits per heavy atom. The van der Waals surface area contributed by atoms with Gasteiger partial charge in [0.25, 0.3) is 0 Å². The molecule has 0 saturated heterocycles. The maximum atomic E-state index is 10.4. The molecular weight excluding hydrogens is 214 g/mol. The van der Waals surface area contributed by atoms with Crippen LogP contribution in [0, 0.1) is 6.07 Å². The first-order valence-corrected chi connectivity index (χ1v) is 6.05. The van der Waals surface area contributed by atoms with Gasteiger partial charge in [-0.2, -0.15) is 0 Å². The molecule has 17 heavy (non-hydrogen) atoms. The molecule has 1 aliphatic heterocycles. The van der Waals surface area contributed by atoms with E-state index in [4.69, 9.17) is 4.74 Å². The summed E-state index contributed by atoms with van der Waals surface area (Å²) in [6.07, 6.45) is -0.576. The van der Waals surface area contributed by atoms with Gasteiger partial charge in [-0.15, -0.1) is 0 Å². The fourth-order valence-electron chi connectivity index (χ4n) is 2.22. The second kappa shape index (κ2) is 4.31. The van der Waals surface area contributed by atoms with Gasteiger partial charge in [-0.25, -0.2) is 0 Å². The highest BCUT2D eigenvalue weighted by Gasteiger charge is 2.42. The van der Waals surface area contributed by atoms with Crippen molar-refractivity contribution in [3.8, 4) is 5.75 Å². The largest absolute Gasteiger partial charge is 0.485 e. The number of ether oxygens (including phenoxy) is 1. The van der Waals surface area contributed by atoms with E-state index in [1.54, 1.807) is 0 Å². The zero-order valence-corrected chi connectivity index (χ0v) is 10.8. The molecule has 1 aromatic rings. The molecule has 1 radical (unpaired) electrons. The fraction of sp³-hybridized carbons (Fsp3) is 0.571. The van der Waals surface area contributed by atoms with Gasteiger partial charge in [-0.05, 0) is 32.0 Å². The van der Waals surface area contributed by atoms with Gasteiger partial charge in [0.1, 0.15) is 17.5 Å². The van der Waals surface area contributed by atoms with Gasteiger partial charge in [0, 0.05) is 11.6 Å². The first-order valence-electron chi connectivity index (χ1n) is 6.05. The maximum absolute atomic E-state index is 10.4. The maximum Gasteiger partial charge on any atom is 0.131 e. The van der Waals surface area contributed by atoms with E-state index >= 15 is 0 Å². The van der Waals surface area contributed by atoms with Crippen LogP contribution in [0.5, 0.6) is 5.75 Å². The Hall–Kier alpha value is -1.06. The summed E-state index contributed by atoms with van der Waals surface area (Å²) >= 11 is 0. The van der Waals surface area contributed by atoms with Crippen LogP contribution in [0.3, 0.4) is 0 Å². The first-order chi connectivity index (χ1) is 7.92. The monoisotopic (exact) mass is 234 g/mol. The molecule has 2 atom stereocenters. The first kappa shape index (κ1) is 12.4. The van der Waals surface area contributed by atoms with E-state index in [2.05, 4.69) is 25.2 Å². The number of hydrogen-bond acceptors (Lipinski definition) is 3. The van der Waals surface area contributed by atoms with Crippen LogP contribution in [0.2, 0.25) is 0 Å². The van der Waals surface area contributed by atoms with E-state index in [0.29, 0.717) is 6.04 Å². The van der Waals surface area contributed by atoms with Crippen molar-refractivity contribution < 1.29 is 9.84 Å². The lowest BCUT2D eigenvalue weighted by Gasteiger charge is -2.43. The van der Waals surface area contributed by atoms with E-state index in [1.165, 1.54) is 0 Å². The molecule has 0 saturated carbocycles. The predicted molar refractivity (Wildman–Crippen MR) is 67.0 cm³/mol. The van der Waals surface area contributed by atoms with Gasteiger partial charge in [-0.3, -0.25) is 0 Å². The number of benzene rings is 1. The van der Waals surface area contributed by atoms with Crippen LogP contribution in [-0.2, 0) is 0 Å². The van der Waals surface area contributed by atoms with Crippen molar-refractivity contribution in [2.24, 2.45) is 0 Å². The number of aliphatic hydroxyl groups is 1. The summed E-state index contributed by atoms with van der Waals surface area (Å²) in [7, 11) is 0. The summed E-state index contributed by atoms with van der Waals surface area (Å²) < 4.78 is 5.83. The molecule has 1 aliphatic rings. The van der Waals surface area contributed by atoms with Crippen LogP contribution in [0.25, 0.3) is 0 Å². The van der Waals surface area contributed by atoms with E-state index in [0.717, 1.165) is 11.3 Å². The van der Waals surface area contributed by atoms with Crippen molar-refractivity contribution in [1.82, 2.24) is 5.32 Å². The third-order valence-electron chi connectivity index (χ3n) is 3.10. The Morgan fingerprint density at radius 1 is 1.47 bits per heavy atom. The van der Waals surface area contributed by atoms with E-state index < -0.39 is 11.7 Å². The van der Waals surface area contributed by atoms with E-state index in [9.17, 15) is 5.11 Å². The van der Waals surface area contributed by atoms with Gasteiger partial charge < -0.3 is 15.2 Å². The second-order valence-corrected chi connectivity index (χ2v) is 5.41. The highest BCUT2D eigenvalue weighted by Crippen LogP contribution is 2.39. The number of fused-ring (bicyclic) bond motifs is 1. The number of nitrogens with one attached hydrogen (secondary N) is 1. The molecule has 93 valence electrons. The summed E-state index contributed by atoms with van der Waals surface area (Å²) in [5.41, 5.74) is 0.397. The van der Waals surface area contributed by atoms with Crippen molar-refractivity contribution >= 4 is 0 Å². The Labute approximate surface area is 103 Å². The minimum Gasteiger partial charge on any atom is -0.485 e. The molecule has 0 aromatic heterocycles. The van der Waals surface area contributed by atoms with Crippen LogP contribution >= 0.6 is 0 Å². The minimum absolute atomic E-state index is 0.105. The predicted octanol–water partition coefficient (Wildman–Crippen LogP) is 2.06. The number of hydrogen-bond donors (Lipinski definition) is 2. The van der Waals surface area contributed by atoms with Crippen LogP contribution in [-0.4, -0.2) is 22.9 Å². The molecule has 2 rings (SSSR count). The summed E-state index contributed by atoms with van der Waals surface area (Å²) in [4.78, 5) is 0. The molecule has 0 aliphatic carbocycles. The van der Waals surface area contributed by atoms with Crippen LogP contribution in [0.15, 0.2) is 18.2 Å². The zero-order valence-electron chi connectivity index (χ0n) is 10.8. The SMILES string of the molecule is CC(C)NC1c2c[c]ccc2OC(C)(C)C1O. The third kappa shape index (κ3) is 2.31. The quantitative estimate of drug-likeness (QED) is 0.823. The van der Waals surface area contributed by atoms with Crippen molar-refractivity contribution in [2.45, 2.75) is 51.5 Å². The van der Waals surface area contributed by atoms with Gasteiger partial charge in [0.15, 0.2) is 0 Å². The molecule has 3 nitrogen and oxygen atoms in total. The molecule has 0 fully saturated rings. The van der Waals surface area contributed by atoms with Crippen molar-refractivity contribution in [1.29, 1.82) is 0 Å². The summed E-state index contributed by atoms with van der Waals surface area (Å²) in [6.45, 7) is 7.96. The Morgan fingerprint density at radius 3 is 2.82 bits per heavy atom. The summed E-state index contributed by atoms with van der Waals surface area (Å²) in [6, 6.07) is 8.85. The molecule has 3 heteroatoms. The average molecular weight is 234 g/mol. The van der Waals surface area contributed by atoms with Crippen LogP contribution in [0.1, 0.15) is 39.3 Å². The third-order valence-corrected chi connectivity index (χ3v) is 3.10. The highest BCUT2D eigenvalue weighted by molar-refractivity contribution is 5.39. The summed E-state index contributed by atoms with van der Waals surface area (Å²) in [5.74, 6) is 0.831. The van der Waals surface area contributed by atoms with Gasteiger partial charge in [0.05, 0.1) is 6.04 Å². The molecule has 0 spiro atoms. The Balaban J connectivity index is 2.41. The molecule has 2 unspecified atom stereocenters. The lowest BCUT2D eigenvalue weighted by molar-refractivity contribution is -0.0658. The lowest BCUT2D eigenvalue weighted by Crippen LogP contribution is -2.53. The normalized spacial score (nSPS) is 26.5. The molecule has 1 aromatic carbocycles. The van der Waals surface area contributed by atoms with Gasteiger partial charge in [-0.1, -0.05) is 19.9 Å². The second-order valence-electron chi connectivity index (χ2n) is 5.41. The van der Waals surface area contributed by atoms with Crippen molar-refractivity contribution in [3.05, 3.63) is 29.8 Å². The fourth-order valence-corrected chi connectivity index (χ4v) is 2.22.